The number of aromatic nitrogens is 9. The Hall–Kier alpha value is -7.78. The minimum Gasteiger partial charge on any atom is -0.279 e. The first-order chi connectivity index (χ1) is 28.3. The van der Waals surface area contributed by atoms with Crippen molar-refractivity contribution in [2.75, 3.05) is 0 Å². The first-order valence-corrected chi connectivity index (χ1v) is 19.0. The van der Waals surface area contributed by atoms with Crippen LogP contribution in [0.5, 0.6) is 0 Å². The predicted octanol–water partition coefficient (Wildman–Crippen LogP) is 10.6. The Balaban J connectivity index is 1.26. The Kier molecular flexibility index (Phi) is 8.77. The van der Waals surface area contributed by atoms with Gasteiger partial charge in [-0.15, -0.1) is 30.6 Å². The summed E-state index contributed by atoms with van der Waals surface area (Å²) in [6.07, 6.45) is 8.23. The van der Waals surface area contributed by atoms with Gasteiger partial charge in [-0.3, -0.25) is 13.7 Å². The molecule has 57 heavy (non-hydrogen) atoms. The summed E-state index contributed by atoms with van der Waals surface area (Å²) in [5.41, 5.74) is 8.40. The van der Waals surface area contributed by atoms with E-state index in [1.807, 2.05) is 91.0 Å². The lowest BCUT2D eigenvalue weighted by atomic mass is 10.0. The van der Waals surface area contributed by atoms with E-state index in [1.165, 1.54) is 0 Å². The van der Waals surface area contributed by atoms with E-state index < -0.39 is 0 Å². The van der Waals surface area contributed by atoms with E-state index in [1.54, 1.807) is 0 Å². The number of nitrogens with zero attached hydrogens (tertiary/aromatic N) is 9. The Morgan fingerprint density at radius 3 is 1.00 bits per heavy atom. The number of allylic oxidation sites excluding steroid dienone is 4. The molecule has 0 atom stereocenters. The van der Waals surface area contributed by atoms with E-state index in [0.29, 0.717) is 17.5 Å². The molecule has 10 rings (SSSR count). The lowest BCUT2D eigenvalue weighted by Gasteiger charge is -2.17. The third kappa shape index (κ3) is 6.36. The molecule has 1 aliphatic carbocycles. The summed E-state index contributed by atoms with van der Waals surface area (Å²) < 4.78 is 6.42. The summed E-state index contributed by atoms with van der Waals surface area (Å²) in [5.74, 6) is 4.30. The molecule has 272 valence electrons. The Bertz CT molecular complexity index is 2730. The van der Waals surface area contributed by atoms with Gasteiger partial charge in [-0.1, -0.05) is 140 Å². The van der Waals surface area contributed by atoms with Crippen molar-refractivity contribution in [3.63, 3.8) is 0 Å². The fraction of sp³-hybridized carbons (Fsp3) is 0.0417. The fourth-order valence-electron chi connectivity index (χ4n) is 7.44. The molecule has 3 heterocycles. The molecule has 0 aliphatic heterocycles. The summed E-state index contributed by atoms with van der Waals surface area (Å²) in [5, 5.41) is 29.2. The van der Waals surface area contributed by atoms with Crippen molar-refractivity contribution in [2.45, 2.75) is 12.8 Å². The van der Waals surface area contributed by atoms with E-state index in [-0.39, 0.29) is 0 Å². The van der Waals surface area contributed by atoms with Crippen LogP contribution in [0.1, 0.15) is 12.8 Å². The molecular weight excluding hydrogens is 703 g/mol. The van der Waals surface area contributed by atoms with Gasteiger partial charge < -0.3 is 0 Å². The van der Waals surface area contributed by atoms with Crippen LogP contribution in [0.4, 0.5) is 0 Å². The van der Waals surface area contributed by atoms with Crippen molar-refractivity contribution in [3.8, 4) is 79.7 Å². The van der Waals surface area contributed by atoms with Crippen LogP contribution in [0.2, 0.25) is 0 Å². The van der Waals surface area contributed by atoms with Crippen LogP contribution < -0.4 is 0 Å². The van der Waals surface area contributed by atoms with Crippen molar-refractivity contribution in [1.29, 1.82) is 0 Å². The number of benzene rings is 6. The summed E-state index contributed by atoms with van der Waals surface area (Å²) in [4.78, 5) is 0. The van der Waals surface area contributed by atoms with Crippen molar-refractivity contribution < 1.29 is 0 Å². The minimum absolute atomic E-state index is 0.673. The van der Waals surface area contributed by atoms with E-state index in [4.69, 9.17) is 30.6 Å². The second-order valence-electron chi connectivity index (χ2n) is 13.7. The normalized spacial score (nSPS) is 12.5. The second kappa shape index (κ2) is 14.8. The molecule has 0 fully saturated rings. The Morgan fingerprint density at radius 2 is 0.649 bits per heavy atom. The van der Waals surface area contributed by atoms with Gasteiger partial charge in [-0.2, -0.15) is 0 Å². The van der Waals surface area contributed by atoms with Crippen LogP contribution >= 0.6 is 0 Å². The molecule has 0 amide bonds. The lowest BCUT2D eigenvalue weighted by molar-refractivity contribution is 0.946. The van der Waals surface area contributed by atoms with Crippen molar-refractivity contribution in [2.24, 2.45) is 0 Å². The van der Waals surface area contributed by atoms with Gasteiger partial charge in [-0.05, 0) is 61.4 Å². The molecule has 9 nitrogen and oxygen atoms in total. The SMILES string of the molecule is C1=CCCC(n2c(-c3ccccc3)nnc2-c2cc(-c3nnc(-c4ccccc4)n3-c3ccccc3)cc(-c3nnc(-c4ccccc4)n3-c3ccccc3)c2)=C1. The lowest BCUT2D eigenvalue weighted by Crippen LogP contribution is -2.05. The number of para-hydroxylation sites is 2. The van der Waals surface area contributed by atoms with Crippen LogP contribution in [-0.2, 0) is 0 Å². The van der Waals surface area contributed by atoms with Crippen molar-refractivity contribution in [1.82, 2.24) is 44.3 Å². The largest absolute Gasteiger partial charge is 0.279 e. The highest BCUT2D eigenvalue weighted by molar-refractivity contribution is 5.81. The van der Waals surface area contributed by atoms with Gasteiger partial charge in [0.15, 0.2) is 34.9 Å². The first kappa shape index (κ1) is 33.8. The summed E-state index contributed by atoms with van der Waals surface area (Å²) >= 11 is 0. The van der Waals surface area contributed by atoms with Gasteiger partial charge in [0, 0.05) is 50.5 Å². The van der Waals surface area contributed by atoms with Crippen molar-refractivity contribution in [3.05, 3.63) is 188 Å². The van der Waals surface area contributed by atoms with Crippen LogP contribution in [0.25, 0.3) is 85.4 Å². The molecule has 0 N–H and O–H groups in total. The third-order valence-corrected chi connectivity index (χ3v) is 10.1. The Morgan fingerprint density at radius 1 is 0.333 bits per heavy atom. The molecule has 0 spiro atoms. The van der Waals surface area contributed by atoms with E-state index in [0.717, 1.165) is 80.8 Å². The first-order valence-electron chi connectivity index (χ1n) is 19.0. The van der Waals surface area contributed by atoms with Gasteiger partial charge in [0.05, 0.1) is 0 Å². The molecular formula is C48H35N9. The highest BCUT2D eigenvalue weighted by Crippen LogP contribution is 2.38. The maximum absolute atomic E-state index is 4.94. The molecule has 3 aromatic heterocycles. The van der Waals surface area contributed by atoms with Crippen LogP contribution in [0.3, 0.4) is 0 Å². The van der Waals surface area contributed by atoms with Crippen molar-refractivity contribution >= 4 is 5.70 Å². The third-order valence-electron chi connectivity index (χ3n) is 10.1. The molecule has 6 aromatic carbocycles. The topological polar surface area (TPSA) is 92.1 Å². The number of hydrogen-bond acceptors (Lipinski definition) is 6. The van der Waals surface area contributed by atoms with Gasteiger partial charge in [0.25, 0.3) is 0 Å². The molecule has 0 bridgehead atoms. The zero-order chi connectivity index (χ0) is 38.0. The maximum atomic E-state index is 4.94. The summed E-state index contributed by atoms with van der Waals surface area (Å²) in [6.45, 7) is 0. The van der Waals surface area contributed by atoms with Gasteiger partial charge in [0.1, 0.15) is 0 Å². The van der Waals surface area contributed by atoms with Crippen LogP contribution in [0, 0.1) is 0 Å². The summed E-state index contributed by atoms with van der Waals surface area (Å²) in [6, 6.07) is 57.4. The van der Waals surface area contributed by atoms with Crippen LogP contribution in [0.15, 0.2) is 188 Å². The number of hydrogen-bond donors (Lipinski definition) is 0. The van der Waals surface area contributed by atoms with Crippen LogP contribution in [-0.4, -0.2) is 44.3 Å². The zero-order valence-electron chi connectivity index (χ0n) is 30.8. The maximum Gasteiger partial charge on any atom is 0.168 e. The molecule has 0 unspecified atom stereocenters. The quantitative estimate of drug-likeness (QED) is 0.146. The number of rotatable bonds is 9. The average Bonchev–Trinajstić information content (AvgIpc) is 4.06. The van der Waals surface area contributed by atoms with Gasteiger partial charge >= 0.3 is 0 Å². The standard InChI is InChI=1S/C48H35N9/c1-7-19-34(20-8-1)43-49-52-46(55(43)40-25-13-4-14-26-40)37-31-38(47-53-50-44(35-21-9-2-10-22-35)56(47)41-27-15-5-16-28-41)33-39(32-37)48-54-51-45(36-23-11-3-12-24-36)57(48)42-29-17-6-18-30-42/h1-17,19-29,31-33H,18,30H2. The van der Waals surface area contributed by atoms with E-state index in [9.17, 15) is 0 Å². The highest BCUT2D eigenvalue weighted by Gasteiger charge is 2.25. The molecule has 0 saturated carbocycles. The molecule has 9 heteroatoms. The molecule has 0 saturated heterocycles. The monoisotopic (exact) mass is 737 g/mol. The molecule has 0 radical (unpaired) electrons. The molecule has 1 aliphatic rings. The van der Waals surface area contributed by atoms with Gasteiger partial charge in [-0.25, -0.2) is 0 Å². The zero-order valence-corrected chi connectivity index (χ0v) is 30.8. The van der Waals surface area contributed by atoms with Gasteiger partial charge in [0.2, 0.25) is 0 Å². The molecule has 9 aromatic rings. The fourth-order valence-corrected chi connectivity index (χ4v) is 7.44. The van der Waals surface area contributed by atoms with E-state index in [2.05, 4.69) is 111 Å². The highest BCUT2D eigenvalue weighted by atomic mass is 15.3. The minimum atomic E-state index is 0.673. The summed E-state index contributed by atoms with van der Waals surface area (Å²) in [7, 11) is 0. The smallest absolute Gasteiger partial charge is 0.168 e. The second-order valence-corrected chi connectivity index (χ2v) is 13.7. The average molecular weight is 738 g/mol. The Labute approximate surface area is 329 Å². The van der Waals surface area contributed by atoms with E-state index >= 15 is 0 Å². The predicted molar refractivity (Wildman–Crippen MR) is 225 cm³/mol.